The Labute approximate surface area is 123 Å². The summed E-state index contributed by atoms with van der Waals surface area (Å²) >= 11 is 0. The molecule has 1 atom stereocenters. The van der Waals surface area contributed by atoms with Crippen LogP contribution in [-0.4, -0.2) is 41.9 Å². The zero-order chi connectivity index (χ0) is 15.4. The van der Waals surface area contributed by atoms with E-state index in [1.807, 2.05) is 4.90 Å². The molecule has 1 unspecified atom stereocenters. The first-order chi connectivity index (χ1) is 10.0. The fourth-order valence-electron chi connectivity index (χ4n) is 2.47. The number of nitro groups is 1. The maximum absolute atomic E-state index is 12.2. The molecule has 0 aromatic heterocycles. The minimum Gasteiger partial charge on any atom is -0.388 e. The lowest BCUT2D eigenvalue weighted by atomic mass is 10.2. The number of hydrogen-bond acceptors (Lipinski definition) is 5. The standard InChI is InChI=1S/C14H20N4O3/c1-10(14(19)17-5-3-4-6-17)16-12-7-11(15-2)8-13(9-12)18(20)21/h7-10,15-16H,3-6H2,1-2H3. The van der Waals surface area contributed by atoms with E-state index < -0.39 is 11.0 Å². The summed E-state index contributed by atoms with van der Waals surface area (Å²) in [6.07, 6.45) is 2.08. The average Bonchev–Trinajstić information content (AvgIpc) is 3.00. The van der Waals surface area contributed by atoms with Crippen molar-refractivity contribution >= 4 is 23.0 Å². The number of benzene rings is 1. The van der Waals surface area contributed by atoms with Crippen LogP contribution in [0.1, 0.15) is 19.8 Å². The molecule has 0 aliphatic carbocycles. The third kappa shape index (κ3) is 3.62. The van der Waals surface area contributed by atoms with Crippen LogP contribution < -0.4 is 10.6 Å². The van der Waals surface area contributed by atoms with Crippen LogP contribution in [0.2, 0.25) is 0 Å². The predicted octanol–water partition coefficient (Wildman–Crippen LogP) is 2.06. The fourth-order valence-corrected chi connectivity index (χ4v) is 2.47. The molecule has 114 valence electrons. The number of carbonyl (C=O) groups excluding carboxylic acids is 1. The highest BCUT2D eigenvalue weighted by atomic mass is 16.6. The Bertz CT molecular complexity index is 541. The summed E-state index contributed by atoms with van der Waals surface area (Å²) < 4.78 is 0. The number of anilines is 2. The number of likely N-dealkylation sites (tertiary alicyclic amines) is 1. The van der Waals surface area contributed by atoms with Gasteiger partial charge in [0.05, 0.1) is 4.92 Å². The molecule has 1 saturated heterocycles. The highest BCUT2D eigenvalue weighted by Gasteiger charge is 2.23. The molecular formula is C14H20N4O3. The lowest BCUT2D eigenvalue weighted by molar-refractivity contribution is -0.384. The lowest BCUT2D eigenvalue weighted by Gasteiger charge is -2.22. The van der Waals surface area contributed by atoms with Crippen molar-refractivity contribution in [1.29, 1.82) is 0 Å². The van der Waals surface area contributed by atoms with Gasteiger partial charge in [0.25, 0.3) is 5.69 Å². The summed E-state index contributed by atoms with van der Waals surface area (Å²) in [5.74, 6) is 0.0324. The summed E-state index contributed by atoms with van der Waals surface area (Å²) in [6.45, 7) is 3.36. The third-order valence-corrected chi connectivity index (χ3v) is 3.59. The Kier molecular flexibility index (Phi) is 4.62. The van der Waals surface area contributed by atoms with Gasteiger partial charge in [0, 0.05) is 43.6 Å². The number of carbonyl (C=O) groups is 1. The van der Waals surface area contributed by atoms with E-state index >= 15 is 0 Å². The number of nitrogens with zero attached hydrogens (tertiary/aromatic N) is 2. The summed E-state index contributed by atoms with van der Waals surface area (Å²) in [4.78, 5) is 24.5. The highest BCUT2D eigenvalue weighted by Crippen LogP contribution is 2.25. The van der Waals surface area contributed by atoms with E-state index in [1.54, 1.807) is 20.0 Å². The van der Waals surface area contributed by atoms with Crippen molar-refractivity contribution in [2.45, 2.75) is 25.8 Å². The van der Waals surface area contributed by atoms with Crippen molar-refractivity contribution < 1.29 is 9.72 Å². The highest BCUT2D eigenvalue weighted by molar-refractivity contribution is 5.85. The second-order valence-corrected chi connectivity index (χ2v) is 5.17. The summed E-state index contributed by atoms with van der Waals surface area (Å²) in [5.41, 5.74) is 1.19. The van der Waals surface area contributed by atoms with Gasteiger partial charge in [0.1, 0.15) is 6.04 Å². The van der Waals surface area contributed by atoms with E-state index in [9.17, 15) is 14.9 Å². The van der Waals surface area contributed by atoms with Gasteiger partial charge < -0.3 is 15.5 Å². The number of rotatable bonds is 5. The van der Waals surface area contributed by atoms with Crippen LogP contribution in [0.15, 0.2) is 18.2 Å². The zero-order valence-corrected chi connectivity index (χ0v) is 12.3. The van der Waals surface area contributed by atoms with Gasteiger partial charge in [-0.05, 0) is 25.8 Å². The number of amides is 1. The van der Waals surface area contributed by atoms with E-state index in [2.05, 4.69) is 10.6 Å². The maximum atomic E-state index is 12.2. The van der Waals surface area contributed by atoms with Crippen LogP contribution in [0.3, 0.4) is 0 Å². The van der Waals surface area contributed by atoms with Crippen LogP contribution >= 0.6 is 0 Å². The van der Waals surface area contributed by atoms with E-state index in [1.165, 1.54) is 12.1 Å². The zero-order valence-electron chi connectivity index (χ0n) is 12.3. The van der Waals surface area contributed by atoms with Crippen molar-refractivity contribution in [3.63, 3.8) is 0 Å². The van der Waals surface area contributed by atoms with Gasteiger partial charge in [-0.1, -0.05) is 0 Å². The van der Waals surface area contributed by atoms with Crippen LogP contribution in [0.5, 0.6) is 0 Å². The molecule has 21 heavy (non-hydrogen) atoms. The van der Waals surface area contributed by atoms with Gasteiger partial charge in [-0.2, -0.15) is 0 Å². The molecule has 0 bridgehead atoms. The second kappa shape index (κ2) is 6.43. The minimum atomic E-state index is -0.445. The summed E-state index contributed by atoms with van der Waals surface area (Å²) in [6, 6.07) is 4.24. The number of non-ortho nitro benzene ring substituents is 1. The molecule has 0 spiro atoms. The van der Waals surface area contributed by atoms with Crippen LogP contribution in [-0.2, 0) is 4.79 Å². The third-order valence-electron chi connectivity index (χ3n) is 3.59. The van der Waals surface area contributed by atoms with Crippen molar-refractivity contribution in [2.75, 3.05) is 30.8 Å². The van der Waals surface area contributed by atoms with Crippen LogP contribution in [0, 0.1) is 10.1 Å². The molecule has 1 fully saturated rings. The quantitative estimate of drug-likeness (QED) is 0.640. The molecule has 7 heteroatoms. The number of nitrogens with one attached hydrogen (secondary N) is 2. The first-order valence-electron chi connectivity index (χ1n) is 7.04. The van der Waals surface area contributed by atoms with Gasteiger partial charge in [0.2, 0.25) is 5.91 Å². The van der Waals surface area contributed by atoms with Gasteiger partial charge in [-0.15, -0.1) is 0 Å². The number of nitro benzene ring substituents is 1. The molecule has 1 aromatic rings. The normalized spacial score (nSPS) is 15.6. The van der Waals surface area contributed by atoms with E-state index in [0.29, 0.717) is 11.4 Å². The predicted molar refractivity (Wildman–Crippen MR) is 81.5 cm³/mol. The molecule has 1 amide bonds. The van der Waals surface area contributed by atoms with E-state index in [4.69, 9.17) is 0 Å². The van der Waals surface area contributed by atoms with Gasteiger partial charge in [0.15, 0.2) is 0 Å². The molecule has 0 radical (unpaired) electrons. The average molecular weight is 292 g/mol. The molecule has 1 heterocycles. The SMILES string of the molecule is CNc1cc(NC(C)C(=O)N2CCCC2)cc([N+](=O)[O-])c1. The topological polar surface area (TPSA) is 87.5 Å². The molecule has 1 aliphatic rings. The van der Waals surface area contributed by atoms with Gasteiger partial charge >= 0.3 is 0 Å². The molecule has 2 N–H and O–H groups in total. The first kappa shape index (κ1) is 15.1. The Hall–Kier alpha value is -2.31. The molecule has 1 aromatic carbocycles. The van der Waals surface area contributed by atoms with Crippen molar-refractivity contribution in [3.8, 4) is 0 Å². The largest absolute Gasteiger partial charge is 0.388 e. The maximum Gasteiger partial charge on any atom is 0.273 e. The number of hydrogen-bond donors (Lipinski definition) is 2. The minimum absolute atomic E-state index is 0.00910. The summed E-state index contributed by atoms with van der Waals surface area (Å²) in [7, 11) is 1.70. The molecular weight excluding hydrogens is 272 g/mol. The van der Waals surface area contributed by atoms with Crippen LogP contribution in [0.25, 0.3) is 0 Å². The van der Waals surface area contributed by atoms with Gasteiger partial charge in [-0.25, -0.2) is 0 Å². The van der Waals surface area contributed by atoms with Crippen molar-refractivity contribution in [2.24, 2.45) is 0 Å². The smallest absolute Gasteiger partial charge is 0.273 e. The first-order valence-corrected chi connectivity index (χ1v) is 7.04. The Morgan fingerprint density at radius 2 is 1.90 bits per heavy atom. The van der Waals surface area contributed by atoms with Crippen molar-refractivity contribution in [3.05, 3.63) is 28.3 Å². The summed E-state index contributed by atoms with van der Waals surface area (Å²) in [5, 5.41) is 16.9. The Balaban J connectivity index is 2.12. The second-order valence-electron chi connectivity index (χ2n) is 5.17. The molecule has 1 aliphatic heterocycles. The monoisotopic (exact) mass is 292 g/mol. The Morgan fingerprint density at radius 1 is 1.29 bits per heavy atom. The van der Waals surface area contributed by atoms with E-state index in [0.717, 1.165) is 25.9 Å². The lowest BCUT2D eigenvalue weighted by Crippen LogP contribution is -2.39. The molecule has 0 saturated carbocycles. The fraction of sp³-hybridized carbons (Fsp3) is 0.500. The van der Waals surface area contributed by atoms with Crippen LogP contribution in [0.4, 0.5) is 17.1 Å². The van der Waals surface area contributed by atoms with Gasteiger partial charge in [-0.3, -0.25) is 14.9 Å². The Morgan fingerprint density at radius 3 is 2.48 bits per heavy atom. The van der Waals surface area contributed by atoms with Crippen molar-refractivity contribution in [1.82, 2.24) is 4.90 Å². The molecule has 7 nitrogen and oxygen atoms in total. The molecule has 2 rings (SSSR count). The van der Waals surface area contributed by atoms with E-state index in [-0.39, 0.29) is 11.6 Å².